The highest BCUT2D eigenvalue weighted by molar-refractivity contribution is 5.99. The number of hydrogen-bond donors (Lipinski definition) is 0. The molecule has 0 N–H and O–H groups in total. The van der Waals surface area contributed by atoms with Gasteiger partial charge >= 0.3 is 6.09 Å². The summed E-state index contributed by atoms with van der Waals surface area (Å²) in [6.07, 6.45) is 2.78. The maximum atomic E-state index is 13.5. The van der Waals surface area contributed by atoms with Crippen LogP contribution in [0, 0.1) is 18.7 Å². The molecule has 0 spiro atoms. The standard InChI is InChI=1S/C30H28FNO3/c1-18-14-20(31)10-13-23(18)29(33)19-15-21-11-12-22(16-19)32(21)30(34)35-17-28-26-8-4-2-6-24(26)25-7-3-5-9-27(25)28/h2-10,13-14,19,21-22,28H,11-12,15-17H2,1H3. The van der Waals surface area contributed by atoms with E-state index in [0.29, 0.717) is 30.6 Å². The van der Waals surface area contributed by atoms with E-state index in [0.717, 1.165) is 12.8 Å². The van der Waals surface area contributed by atoms with Gasteiger partial charge in [0.05, 0.1) is 0 Å². The molecule has 2 aliphatic heterocycles. The number of nitrogens with zero attached hydrogens (tertiary/aromatic N) is 1. The first kappa shape index (κ1) is 22.0. The fourth-order valence-corrected chi connectivity index (χ4v) is 6.48. The average molecular weight is 470 g/mol. The molecule has 35 heavy (non-hydrogen) atoms. The molecule has 6 rings (SSSR count). The highest BCUT2D eigenvalue weighted by atomic mass is 19.1. The van der Waals surface area contributed by atoms with Crippen molar-refractivity contribution in [3.63, 3.8) is 0 Å². The lowest BCUT2D eigenvalue weighted by Gasteiger charge is -2.38. The van der Waals surface area contributed by atoms with Gasteiger partial charge in [-0.25, -0.2) is 9.18 Å². The number of ether oxygens (including phenoxy) is 1. The Morgan fingerprint density at radius 2 is 1.51 bits per heavy atom. The summed E-state index contributed by atoms with van der Waals surface area (Å²) in [7, 11) is 0. The third-order valence-electron chi connectivity index (χ3n) is 8.10. The average Bonchev–Trinajstić information content (AvgIpc) is 3.33. The summed E-state index contributed by atoms with van der Waals surface area (Å²) in [5.41, 5.74) is 6.07. The maximum absolute atomic E-state index is 13.5. The van der Waals surface area contributed by atoms with Gasteiger partial charge in [0.15, 0.2) is 5.78 Å². The van der Waals surface area contributed by atoms with Crippen LogP contribution in [0.4, 0.5) is 9.18 Å². The van der Waals surface area contributed by atoms with Gasteiger partial charge in [-0.2, -0.15) is 0 Å². The van der Waals surface area contributed by atoms with Gasteiger partial charge in [0.25, 0.3) is 0 Å². The van der Waals surface area contributed by atoms with Crippen molar-refractivity contribution in [2.45, 2.75) is 50.6 Å². The Morgan fingerprint density at radius 3 is 2.11 bits per heavy atom. The SMILES string of the molecule is Cc1cc(F)ccc1C(=O)C1CC2CCC(C1)N2C(=O)OCC1c2ccccc2-c2ccccc21. The molecule has 1 aliphatic carbocycles. The van der Waals surface area contributed by atoms with Crippen molar-refractivity contribution in [2.75, 3.05) is 6.61 Å². The minimum Gasteiger partial charge on any atom is -0.448 e. The second-order valence-corrected chi connectivity index (χ2v) is 10.1. The van der Waals surface area contributed by atoms with E-state index in [1.807, 2.05) is 29.2 Å². The number of hydrogen-bond acceptors (Lipinski definition) is 3. The molecular weight excluding hydrogens is 441 g/mol. The maximum Gasteiger partial charge on any atom is 0.410 e. The van der Waals surface area contributed by atoms with Crippen molar-refractivity contribution >= 4 is 11.9 Å². The van der Waals surface area contributed by atoms with E-state index in [1.54, 1.807) is 13.0 Å². The third-order valence-corrected chi connectivity index (χ3v) is 8.10. The highest BCUT2D eigenvalue weighted by Crippen LogP contribution is 2.45. The van der Waals surface area contributed by atoms with Crippen molar-refractivity contribution < 1.29 is 18.7 Å². The Labute approximate surface area is 204 Å². The topological polar surface area (TPSA) is 46.6 Å². The van der Waals surface area contributed by atoms with E-state index in [-0.39, 0.29) is 41.6 Å². The summed E-state index contributed by atoms with van der Waals surface area (Å²) < 4.78 is 19.4. The molecule has 3 aromatic rings. The van der Waals surface area contributed by atoms with Crippen LogP contribution in [0.3, 0.4) is 0 Å². The molecule has 0 saturated carbocycles. The first-order chi connectivity index (χ1) is 17.0. The van der Waals surface area contributed by atoms with E-state index in [4.69, 9.17) is 4.74 Å². The summed E-state index contributed by atoms with van der Waals surface area (Å²) in [6.45, 7) is 2.08. The number of benzene rings is 3. The summed E-state index contributed by atoms with van der Waals surface area (Å²) in [6, 6.07) is 21.0. The number of aryl methyl sites for hydroxylation is 1. The van der Waals surface area contributed by atoms with Gasteiger partial charge in [0.1, 0.15) is 12.4 Å². The first-order valence-corrected chi connectivity index (χ1v) is 12.4. The molecule has 1 amide bonds. The van der Waals surface area contributed by atoms with E-state index in [9.17, 15) is 14.0 Å². The Hall–Kier alpha value is -3.47. The number of Topliss-reactive ketones (excluding diaryl/α,β-unsaturated/α-hetero) is 1. The molecule has 3 aliphatic rings. The van der Waals surface area contributed by atoms with Crippen molar-refractivity contribution in [3.8, 4) is 11.1 Å². The Bertz CT molecular complexity index is 1260. The zero-order valence-electron chi connectivity index (χ0n) is 19.7. The molecule has 2 atom stereocenters. The predicted octanol–water partition coefficient (Wildman–Crippen LogP) is 6.51. The molecule has 2 saturated heterocycles. The molecule has 0 aromatic heterocycles. The number of carbonyl (C=O) groups excluding carboxylic acids is 2. The molecule has 0 radical (unpaired) electrons. The minimum atomic E-state index is -0.329. The largest absolute Gasteiger partial charge is 0.448 e. The van der Waals surface area contributed by atoms with Crippen LogP contribution in [-0.2, 0) is 4.74 Å². The normalized spacial score (nSPS) is 22.6. The van der Waals surface area contributed by atoms with Gasteiger partial charge < -0.3 is 9.64 Å². The zero-order chi connectivity index (χ0) is 24.1. The number of ketones is 1. The Morgan fingerprint density at radius 1 is 0.914 bits per heavy atom. The van der Waals surface area contributed by atoms with Crippen LogP contribution in [0.15, 0.2) is 66.7 Å². The molecule has 2 fully saturated rings. The summed E-state index contributed by atoms with van der Waals surface area (Å²) in [4.78, 5) is 28.3. The van der Waals surface area contributed by atoms with Gasteiger partial charge in [0, 0.05) is 29.5 Å². The lowest BCUT2D eigenvalue weighted by atomic mass is 9.84. The van der Waals surface area contributed by atoms with Crippen molar-refractivity contribution in [1.29, 1.82) is 0 Å². The van der Waals surface area contributed by atoms with Crippen molar-refractivity contribution in [1.82, 2.24) is 4.90 Å². The minimum absolute atomic E-state index is 0.0131. The van der Waals surface area contributed by atoms with Crippen LogP contribution in [0.5, 0.6) is 0 Å². The van der Waals surface area contributed by atoms with Crippen LogP contribution >= 0.6 is 0 Å². The first-order valence-electron chi connectivity index (χ1n) is 12.4. The molecule has 2 heterocycles. The summed E-state index contributed by atoms with van der Waals surface area (Å²) in [5.74, 6) is -0.380. The Kier molecular flexibility index (Phi) is 5.43. The predicted molar refractivity (Wildman–Crippen MR) is 132 cm³/mol. The molecule has 178 valence electrons. The fraction of sp³-hybridized carbons (Fsp3) is 0.333. The van der Waals surface area contributed by atoms with Gasteiger partial charge in [-0.3, -0.25) is 4.79 Å². The Balaban J connectivity index is 1.15. The molecular formula is C30H28FNO3. The molecule has 5 heteroatoms. The number of halogens is 1. The van der Waals surface area contributed by atoms with E-state index in [1.165, 1.54) is 34.4 Å². The van der Waals surface area contributed by atoms with E-state index < -0.39 is 0 Å². The number of carbonyl (C=O) groups is 2. The van der Waals surface area contributed by atoms with Gasteiger partial charge in [-0.15, -0.1) is 0 Å². The second kappa shape index (κ2) is 8.63. The summed E-state index contributed by atoms with van der Waals surface area (Å²) >= 11 is 0. The lowest BCUT2D eigenvalue weighted by Crippen LogP contribution is -2.48. The van der Waals surface area contributed by atoms with Gasteiger partial charge in [0.2, 0.25) is 0 Å². The van der Waals surface area contributed by atoms with E-state index >= 15 is 0 Å². The van der Waals surface area contributed by atoms with Crippen LogP contribution in [-0.4, -0.2) is 35.5 Å². The number of piperidine rings is 1. The number of rotatable bonds is 4. The molecule has 2 bridgehead atoms. The van der Waals surface area contributed by atoms with Crippen LogP contribution < -0.4 is 0 Å². The molecule has 2 unspecified atom stereocenters. The highest BCUT2D eigenvalue weighted by Gasteiger charge is 2.46. The number of fused-ring (bicyclic) bond motifs is 5. The van der Waals surface area contributed by atoms with Crippen molar-refractivity contribution in [3.05, 3.63) is 94.8 Å². The molecule has 3 aromatic carbocycles. The van der Waals surface area contributed by atoms with Gasteiger partial charge in [-0.1, -0.05) is 48.5 Å². The fourth-order valence-electron chi connectivity index (χ4n) is 6.48. The van der Waals surface area contributed by atoms with E-state index in [2.05, 4.69) is 24.3 Å². The smallest absolute Gasteiger partial charge is 0.410 e. The number of amides is 1. The summed E-state index contributed by atoms with van der Waals surface area (Å²) in [5, 5.41) is 0. The lowest BCUT2D eigenvalue weighted by molar-refractivity contribution is 0.0505. The van der Waals surface area contributed by atoms with Gasteiger partial charge in [-0.05, 0) is 78.6 Å². The molecule has 4 nitrogen and oxygen atoms in total. The van der Waals surface area contributed by atoms with Crippen LogP contribution in [0.1, 0.15) is 58.6 Å². The monoisotopic (exact) mass is 469 g/mol. The quantitative estimate of drug-likeness (QED) is 0.409. The zero-order valence-corrected chi connectivity index (χ0v) is 19.7. The third kappa shape index (κ3) is 3.74. The van der Waals surface area contributed by atoms with Crippen LogP contribution in [0.2, 0.25) is 0 Å². The van der Waals surface area contributed by atoms with Crippen LogP contribution in [0.25, 0.3) is 11.1 Å². The second-order valence-electron chi connectivity index (χ2n) is 10.1. The van der Waals surface area contributed by atoms with Crippen molar-refractivity contribution in [2.24, 2.45) is 5.92 Å².